The lowest BCUT2D eigenvalue weighted by molar-refractivity contribution is -0.119. The zero-order valence-electron chi connectivity index (χ0n) is 12.7. The molecule has 118 valence electrons. The standard InChI is InChI=1S/C18H18FN3O/c19-14-8-10-15(11-9-14)20-12-18(23)22-21-17-7-3-5-13-4-1-2-6-16(13)17/h1-2,4,6,8-11,20H,3,5,7,12H2,(H,22,23)/b21-17-. The lowest BCUT2D eigenvalue weighted by Gasteiger charge is -2.17. The quantitative estimate of drug-likeness (QED) is 0.853. The van der Waals surface area contributed by atoms with Crippen molar-refractivity contribution in [2.24, 2.45) is 5.10 Å². The second-order valence-electron chi connectivity index (χ2n) is 5.46. The largest absolute Gasteiger partial charge is 0.376 e. The van der Waals surface area contributed by atoms with Crippen LogP contribution >= 0.6 is 0 Å². The summed E-state index contributed by atoms with van der Waals surface area (Å²) < 4.78 is 12.8. The molecule has 0 radical (unpaired) electrons. The maximum Gasteiger partial charge on any atom is 0.259 e. The number of carbonyl (C=O) groups is 1. The first-order valence-corrected chi connectivity index (χ1v) is 7.65. The molecule has 0 unspecified atom stereocenters. The molecule has 1 amide bonds. The van der Waals surface area contributed by atoms with Crippen LogP contribution in [0.4, 0.5) is 10.1 Å². The van der Waals surface area contributed by atoms with Gasteiger partial charge in [0.05, 0.1) is 12.3 Å². The summed E-state index contributed by atoms with van der Waals surface area (Å²) in [7, 11) is 0. The van der Waals surface area contributed by atoms with E-state index in [0.717, 1.165) is 30.5 Å². The summed E-state index contributed by atoms with van der Waals surface area (Å²) in [5.74, 6) is -0.535. The van der Waals surface area contributed by atoms with E-state index in [4.69, 9.17) is 0 Å². The van der Waals surface area contributed by atoms with Gasteiger partial charge in [0.25, 0.3) is 5.91 Å². The van der Waals surface area contributed by atoms with Crippen molar-refractivity contribution in [2.45, 2.75) is 19.3 Å². The van der Waals surface area contributed by atoms with Gasteiger partial charge in [0.2, 0.25) is 0 Å². The minimum atomic E-state index is -0.303. The molecule has 0 saturated carbocycles. The number of aryl methyl sites for hydroxylation is 1. The van der Waals surface area contributed by atoms with E-state index < -0.39 is 0 Å². The number of rotatable bonds is 4. The second-order valence-corrected chi connectivity index (χ2v) is 5.46. The molecule has 3 rings (SSSR count). The van der Waals surface area contributed by atoms with Crippen LogP contribution in [0.5, 0.6) is 0 Å². The lowest BCUT2D eigenvalue weighted by atomic mass is 9.90. The van der Waals surface area contributed by atoms with Gasteiger partial charge < -0.3 is 5.32 Å². The maximum absolute atomic E-state index is 12.8. The summed E-state index contributed by atoms with van der Waals surface area (Å²) in [5, 5.41) is 7.20. The summed E-state index contributed by atoms with van der Waals surface area (Å²) in [6, 6.07) is 14.0. The molecule has 2 N–H and O–H groups in total. The van der Waals surface area contributed by atoms with E-state index in [1.54, 1.807) is 12.1 Å². The van der Waals surface area contributed by atoms with Crippen molar-refractivity contribution in [3.05, 3.63) is 65.5 Å². The summed E-state index contributed by atoms with van der Waals surface area (Å²) in [6.07, 6.45) is 2.96. The number of halogens is 1. The van der Waals surface area contributed by atoms with Crippen LogP contribution in [0.1, 0.15) is 24.0 Å². The summed E-state index contributed by atoms with van der Waals surface area (Å²) in [4.78, 5) is 11.9. The van der Waals surface area contributed by atoms with Gasteiger partial charge in [-0.3, -0.25) is 4.79 Å². The van der Waals surface area contributed by atoms with Gasteiger partial charge in [-0.2, -0.15) is 5.10 Å². The number of hydrogen-bond acceptors (Lipinski definition) is 3. The summed E-state index contributed by atoms with van der Waals surface area (Å²) in [5.41, 5.74) is 6.59. The third kappa shape index (κ3) is 3.94. The van der Waals surface area contributed by atoms with Crippen LogP contribution in [-0.4, -0.2) is 18.2 Å². The first kappa shape index (κ1) is 15.2. The zero-order valence-corrected chi connectivity index (χ0v) is 12.7. The average molecular weight is 311 g/mol. The topological polar surface area (TPSA) is 53.5 Å². The highest BCUT2D eigenvalue weighted by molar-refractivity contribution is 6.03. The van der Waals surface area contributed by atoms with Gasteiger partial charge in [0.15, 0.2) is 0 Å². The van der Waals surface area contributed by atoms with Crippen LogP contribution in [-0.2, 0) is 11.2 Å². The Morgan fingerprint density at radius 1 is 1.09 bits per heavy atom. The van der Waals surface area contributed by atoms with E-state index in [9.17, 15) is 9.18 Å². The van der Waals surface area contributed by atoms with Gasteiger partial charge in [-0.05, 0) is 49.1 Å². The fourth-order valence-electron chi connectivity index (χ4n) is 2.64. The van der Waals surface area contributed by atoms with Gasteiger partial charge in [-0.1, -0.05) is 24.3 Å². The first-order chi connectivity index (χ1) is 11.2. The molecule has 4 nitrogen and oxygen atoms in total. The molecular weight excluding hydrogens is 293 g/mol. The molecule has 0 spiro atoms. The number of nitrogens with one attached hydrogen (secondary N) is 2. The van der Waals surface area contributed by atoms with Crippen LogP contribution < -0.4 is 10.7 Å². The number of fused-ring (bicyclic) bond motifs is 1. The number of carbonyl (C=O) groups excluding carboxylic acids is 1. The fourth-order valence-corrected chi connectivity index (χ4v) is 2.64. The zero-order chi connectivity index (χ0) is 16.1. The summed E-state index contributed by atoms with van der Waals surface area (Å²) in [6.45, 7) is 0.0874. The van der Waals surface area contributed by atoms with E-state index in [2.05, 4.69) is 21.9 Å². The molecule has 0 saturated heterocycles. The Bertz CT molecular complexity index is 725. The molecule has 0 aliphatic heterocycles. The molecule has 0 fully saturated rings. The molecule has 2 aromatic rings. The maximum atomic E-state index is 12.8. The van der Waals surface area contributed by atoms with Crippen LogP contribution in [0.25, 0.3) is 0 Å². The Morgan fingerprint density at radius 2 is 1.87 bits per heavy atom. The molecule has 0 bridgehead atoms. The summed E-state index contributed by atoms with van der Waals surface area (Å²) >= 11 is 0. The van der Waals surface area contributed by atoms with Crippen LogP contribution in [0.3, 0.4) is 0 Å². The van der Waals surface area contributed by atoms with E-state index in [1.807, 2.05) is 18.2 Å². The van der Waals surface area contributed by atoms with Gasteiger partial charge in [-0.25, -0.2) is 9.82 Å². The number of hydrogen-bond donors (Lipinski definition) is 2. The van der Waals surface area contributed by atoms with Crippen molar-refractivity contribution >= 4 is 17.3 Å². The highest BCUT2D eigenvalue weighted by atomic mass is 19.1. The Kier molecular flexibility index (Phi) is 4.66. The van der Waals surface area contributed by atoms with Gasteiger partial charge in [-0.15, -0.1) is 0 Å². The highest BCUT2D eigenvalue weighted by Gasteiger charge is 2.15. The third-order valence-electron chi connectivity index (χ3n) is 3.80. The van der Waals surface area contributed by atoms with Gasteiger partial charge >= 0.3 is 0 Å². The molecule has 1 aliphatic carbocycles. The second kappa shape index (κ2) is 7.05. The molecule has 2 aromatic carbocycles. The SMILES string of the molecule is O=C(CNc1ccc(F)cc1)N/N=C1/CCCc2ccccc21. The third-order valence-corrected chi connectivity index (χ3v) is 3.80. The molecular formula is C18H18FN3O. The smallest absolute Gasteiger partial charge is 0.259 e. The van der Waals surface area contributed by atoms with Crippen molar-refractivity contribution < 1.29 is 9.18 Å². The van der Waals surface area contributed by atoms with Crippen molar-refractivity contribution in [3.63, 3.8) is 0 Å². The highest BCUT2D eigenvalue weighted by Crippen LogP contribution is 2.21. The molecule has 0 heterocycles. The lowest BCUT2D eigenvalue weighted by Crippen LogP contribution is -2.27. The monoisotopic (exact) mass is 311 g/mol. The number of benzene rings is 2. The number of hydrazone groups is 1. The average Bonchev–Trinajstić information content (AvgIpc) is 2.59. The minimum absolute atomic E-state index is 0.0874. The first-order valence-electron chi connectivity index (χ1n) is 7.65. The number of anilines is 1. The predicted molar refractivity (Wildman–Crippen MR) is 88.9 cm³/mol. The number of nitrogens with zero attached hydrogens (tertiary/aromatic N) is 1. The molecule has 0 atom stereocenters. The van der Waals surface area contributed by atoms with E-state index in [1.165, 1.54) is 17.7 Å². The fraction of sp³-hybridized carbons (Fsp3) is 0.222. The molecule has 1 aliphatic rings. The van der Waals surface area contributed by atoms with Crippen molar-refractivity contribution in [2.75, 3.05) is 11.9 Å². The van der Waals surface area contributed by atoms with Crippen molar-refractivity contribution in [3.8, 4) is 0 Å². The van der Waals surface area contributed by atoms with E-state index >= 15 is 0 Å². The van der Waals surface area contributed by atoms with Crippen LogP contribution in [0, 0.1) is 5.82 Å². The molecule has 5 heteroatoms. The predicted octanol–water partition coefficient (Wildman–Crippen LogP) is 3.09. The Labute approximate surface area is 134 Å². The molecule has 23 heavy (non-hydrogen) atoms. The Morgan fingerprint density at radius 3 is 2.70 bits per heavy atom. The minimum Gasteiger partial charge on any atom is -0.376 e. The van der Waals surface area contributed by atoms with Crippen molar-refractivity contribution in [1.82, 2.24) is 5.43 Å². The number of amides is 1. The van der Waals surface area contributed by atoms with Crippen molar-refractivity contribution in [1.29, 1.82) is 0 Å². The Hall–Kier alpha value is -2.69. The van der Waals surface area contributed by atoms with Crippen LogP contribution in [0.2, 0.25) is 0 Å². The van der Waals surface area contributed by atoms with Gasteiger partial charge in [0.1, 0.15) is 5.82 Å². The van der Waals surface area contributed by atoms with E-state index in [-0.39, 0.29) is 18.3 Å². The van der Waals surface area contributed by atoms with Gasteiger partial charge in [0, 0.05) is 11.3 Å². The Balaban J connectivity index is 1.57. The van der Waals surface area contributed by atoms with E-state index in [0.29, 0.717) is 5.69 Å². The normalized spacial score (nSPS) is 15.1. The molecule has 0 aromatic heterocycles. The van der Waals surface area contributed by atoms with Crippen LogP contribution in [0.15, 0.2) is 53.6 Å².